The first-order valence-electron chi connectivity index (χ1n) is 6.65. The van der Waals surface area contributed by atoms with Gasteiger partial charge >= 0.3 is 0 Å². The van der Waals surface area contributed by atoms with Crippen molar-refractivity contribution < 1.29 is 8.78 Å². The standard InChI is InChI=1S/C15H23F2N/c1-5-10(2)8-11(3)18-12(4)13-6-7-14(16)15(17)9-13/h6-7,9-12,18H,5,8H2,1-4H3. The van der Waals surface area contributed by atoms with Crippen LogP contribution in [0.25, 0.3) is 0 Å². The van der Waals surface area contributed by atoms with E-state index in [1.165, 1.54) is 12.1 Å². The number of nitrogens with one attached hydrogen (secondary N) is 1. The molecule has 3 unspecified atom stereocenters. The molecule has 1 nitrogen and oxygen atoms in total. The molecule has 18 heavy (non-hydrogen) atoms. The lowest BCUT2D eigenvalue weighted by Crippen LogP contribution is -2.30. The van der Waals surface area contributed by atoms with Gasteiger partial charge in [0.1, 0.15) is 0 Å². The molecule has 0 aliphatic heterocycles. The Bertz CT molecular complexity index is 379. The van der Waals surface area contributed by atoms with Crippen molar-refractivity contribution in [2.45, 2.75) is 52.6 Å². The Morgan fingerprint density at radius 3 is 2.33 bits per heavy atom. The van der Waals surface area contributed by atoms with Crippen LogP contribution in [0.3, 0.4) is 0 Å². The maximum absolute atomic E-state index is 13.1. The first-order valence-corrected chi connectivity index (χ1v) is 6.65. The van der Waals surface area contributed by atoms with E-state index < -0.39 is 11.6 Å². The molecule has 0 heterocycles. The molecule has 1 N–H and O–H groups in total. The molecule has 0 aliphatic rings. The van der Waals surface area contributed by atoms with Crippen LogP contribution in [0.5, 0.6) is 0 Å². The van der Waals surface area contributed by atoms with Gasteiger partial charge in [-0.1, -0.05) is 26.3 Å². The van der Waals surface area contributed by atoms with Crippen LogP contribution in [-0.2, 0) is 0 Å². The molecule has 0 radical (unpaired) electrons. The lowest BCUT2D eigenvalue weighted by atomic mass is 9.99. The van der Waals surface area contributed by atoms with Crippen LogP contribution in [0.4, 0.5) is 8.78 Å². The molecule has 0 amide bonds. The van der Waals surface area contributed by atoms with E-state index in [2.05, 4.69) is 26.1 Å². The average molecular weight is 255 g/mol. The summed E-state index contributed by atoms with van der Waals surface area (Å²) in [6.45, 7) is 8.50. The van der Waals surface area contributed by atoms with Gasteiger partial charge in [-0.2, -0.15) is 0 Å². The van der Waals surface area contributed by atoms with Gasteiger partial charge in [0.2, 0.25) is 0 Å². The van der Waals surface area contributed by atoms with Crippen LogP contribution in [0.1, 0.15) is 52.1 Å². The van der Waals surface area contributed by atoms with Crippen molar-refractivity contribution in [3.8, 4) is 0 Å². The molecule has 0 bridgehead atoms. The molecule has 1 rings (SSSR count). The predicted molar refractivity (Wildman–Crippen MR) is 71.4 cm³/mol. The Balaban J connectivity index is 2.58. The monoisotopic (exact) mass is 255 g/mol. The number of hydrogen-bond donors (Lipinski definition) is 1. The highest BCUT2D eigenvalue weighted by Gasteiger charge is 2.13. The summed E-state index contributed by atoms with van der Waals surface area (Å²) in [6, 6.07) is 4.47. The smallest absolute Gasteiger partial charge is 0.159 e. The van der Waals surface area contributed by atoms with Crippen molar-refractivity contribution in [2.75, 3.05) is 0 Å². The van der Waals surface area contributed by atoms with Gasteiger partial charge in [0, 0.05) is 12.1 Å². The quantitative estimate of drug-likeness (QED) is 0.792. The fourth-order valence-corrected chi connectivity index (χ4v) is 2.14. The van der Waals surface area contributed by atoms with Crippen molar-refractivity contribution in [3.63, 3.8) is 0 Å². The fourth-order valence-electron chi connectivity index (χ4n) is 2.14. The molecule has 1 aromatic carbocycles. The molecule has 3 heteroatoms. The Kier molecular flexibility index (Phi) is 5.73. The molecule has 3 atom stereocenters. The van der Waals surface area contributed by atoms with E-state index in [1.807, 2.05) is 6.92 Å². The van der Waals surface area contributed by atoms with Gasteiger partial charge in [0.05, 0.1) is 0 Å². The minimum Gasteiger partial charge on any atom is -0.308 e. The van der Waals surface area contributed by atoms with Crippen LogP contribution < -0.4 is 5.32 Å². The second kappa shape index (κ2) is 6.83. The van der Waals surface area contributed by atoms with Gasteiger partial charge < -0.3 is 5.32 Å². The van der Waals surface area contributed by atoms with Crippen LogP contribution in [-0.4, -0.2) is 6.04 Å². The van der Waals surface area contributed by atoms with E-state index in [0.29, 0.717) is 12.0 Å². The van der Waals surface area contributed by atoms with E-state index in [1.54, 1.807) is 6.07 Å². The number of rotatable bonds is 6. The molecule has 0 aliphatic carbocycles. The number of benzene rings is 1. The molecule has 0 fully saturated rings. The maximum Gasteiger partial charge on any atom is 0.159 e. The zero-order valence-corrected chi connectivity index (χ0v) is 11.6. The fraction of sp³-hybridized carbons (Fsp3) is 0.600. The molecular formula is C15H23F2N. The molecule has 0 saturated heterocycles. The highest BCUT2D eigenvalue weighted by molar-refractivity contribution is 5.20. The minimum absolute atomic E-state index is 0.0270. The third-order valence-corrected chi connectivity index (χ3v) is 3.43. The van der Waals surface area contributed by atoms with Crippen molar-refractivity contribution in [1.82, 2.24) is 5.32 Å². The van der Waals surface area contributed by atoms with Crippen molar-refractivity contribution in [2.24, 2.45) is 5.92 Å². The van der Waals surface area contributed by atoms with Crippen LogP contribution in [0.2, 0.25) is 0 Å². The maximum atomic E-state index is 13.1. The Labute approximate surface area is 109 Å². The highest BCUT2D eigenvalue weighted by Crippen LogP contribution is 2.18. The Hall–Kier alpha value is -0.960. The summed E-state index contributed by atoms with van der Waals surface area (Å²) in [5.74, 6) is -0.904. The Morgan fingerprint density at radius 1 is 1.11 bits per heavy atom. The second-order valence-electron chi connectivity index (χ2n) is 5.21. The molecule has 0 spiro atoms. The Morgan fingerprint density at radius 2 is 1.78 bits per heavy atom. The summed E-state index contributed by atoms with van der Waals surface area (Å²) in [5.41, 5.74) is 0.782. The lowest BCUT2D eigenvalue weighted by molar-refractivity contribution is 0.384. The third kappa shape index (κ3) is 4.37. The van der Waals surface area contributed by atoms with E-state index >= 15 is 0 Å². The molecular weight excluding hydrogens is 232 g/mol. The zero-order valence-electron chi connectivity index (χ0n) is 11.6. The summed E-state index contributed by atoms with van der Waals surface area (Å²) >= 11 is 0. The summed E-state index contributed by atoms with van der Waals surface area (Å²) in [5, 5.41) is 3.42. The SMILES string of the molecule is CCC(C)CC(C)NC(C)c1ccc(F)c(F)c1. The first kappa shape index (κ1) is 15.1. The van der Waals surface area contributed by atoms with Crippen molar-refractivity contribution in [1.29, 1.82) is 0 Å². The predicted octanol–water partition coefficient (Wildman–Crippen LogP) is 4.44. The molecule has 0 aromatic heterocycles. The van der Waals surface area contributed by atoms with Gasteiger partial charge in [0.15, 0.2) is 11.6 Å². The van der Waals surface area contributed by atoms with Crippen LogP contribution in [0.15, 0.2) is 18.2 Å². The van der Waals surface area contributed by atoms with E-state index in [0.717, 1.165) is 18.4 Å². The minimum atomic E-state index is -0.793. The number of hydrogen-bond acceptors (Lipinski definition) is 1. The van der Waals surface area contributed by atoms with Crippen LogP contribution in [0, 0.1) is 17.6 Å². The van der Waals surface area contributed by atoms with Gasteiger partial charge in [-0.05, 0) is 43.9 Å². The topological polar surface area (TPSA) is 12.0 Å². The first-order chi connectivity index (χ1) is 8.43. The van der Waals surface area contributed by atoms with Gasteiger partial charge in [-0.3, -0.25) is 0 Å². The second-order valence-corrected chi connectivity index (χ2v) is 5.21. The molecule has 0 saturated carbocycles. The van der Waals surface area contributed by atoms with E-state index in [9.17, 15) is 8.78 Å². The summed E-state index contributed by atoms with van der Waals surface area (Å²) in [4.78, 5) is 0. The number of halogens is 2. The average Bonchev–Trinajstić information content (AvgIpc) is 2.32. The van der Waals surface area contributed by atoms with Gasteiger partial charge in [-0.15, -0.1) is 0 Å². The summed E-state index contributed by atoms with van der Waals surface area (Å²) in [7, 11) is 0. The summed E-state index contributed by atoms with van der Waals surface area (Å²) < 4.78 is 26.0. The molecule has 102 valence electrons. The van der Waals surface area contributed by atoms with Crippen molar-refractivity contribution >= 4 is 0 Å². The van der Waals surface area contributed by atoms with Gasteiger partial charge in [0.25, 0.3) is 0 Å². The highest BCUT2D eigenvalue weighted by atomic mass is 19.2. The molecule has 1 aromatic rings. The van der Waals surface area contributed by atoms with E-state index in [4.69, 9.17) is 0 Å². The lowest BCUT2D eigenvalue weighted by Gasteiger charge is -2.22. The van der Waals surface area contributed by atoms with Crippen molar-refractivity contribution in [3.05, 3.63) is 35.4 Å². The van der Waals surface area contributed by atoms with Gasteiger partial charge in [-0.25, -0.2) is 8.78 Å². The normalized spacial score (nSPS) is 16.3. The summed E-state index contributed by atoms with van der Waals surface area (Å²) in [6.07, 6.45) is 2.25. The largest absolute Gasteiger partial charge is 0.308 e. The third-order valence-electron chi connectivity index (χ3n) is 3.43. The van der Waals surface area contributed by atoms with E-state index in [-0.39, 0.29) is 6.04 Å². The zero-order chi connectivity index (χ0) is 13.7. The van der Waals surface area contributed by atoms with Crippen LogP contribution >= 0.6 is 0 Å².